The molecular formula is C18H30O4. The van der Waals surface area contributed by atoms with Crippen LogP contribution in [-0.2, 0) is 19.1 Å². The van der Waals surface area contributed by atoms with Crippen LogP contribution in [0.15, 0.2) is 11.1 Å². The molecule has 4 nitrogen and oxygen atoms in total. The number of hydrogen-bond donors (Lipinski definition) is 0. The molecule has 22 heavy (non-hydrogen) atoms. The molecule has 1 fully saturated rings. The van der Waals surface area contributed by atoms with Gasteiger partial charge in [0.2, 0.25) is 0 Å². The zero-order valence-electron chi connectivity index (χ0n) is 14.7. The van der Waals surface area contributed by atoms with Gasteiger partial charge in [0.05, 0.1) is 18.8 Å². The molecular weight excluding hydrogens is 280 g/mol. The lowest BCUT2D eigenvalue weighted by Crippen LogP contribution is -2.24. The highest BCUT2D eigenvalue weighted by molar-refractivity contribution is 6.00. The zero-order valence-corrected chi connectivity index (χ0v) is 14.7. The van der Waals surface area contributed by atoms with Gasteiger partial charge in [-0.05, 0) is 44.4 Å². The summed E-state index contributed by atoms with van der Waals surface area (Å²) in [5.74, 6) is -0.588. The quantitative estimate of drug-likeness (QED) is 0.549. The molecule has 1 aliphatic rings. The van der Waals surface area contributed by atoms with Gasteiger partial charge >= 0.3 is 11.9 Å². The predicted molar refractivity (Wildman–Crippen MR) is 86.3 cm³/mol. The minimum atomic E-state index is -0.368. The molecule has 0 N–H and O–H groups in total. The van der Waals surface area contributed by atoms with Crippen LogP contribution in [0.25, 0.3) is 0 Å². The van der Waals surface area contributed by atoms with Gasteiger partial charge in [0.1, 0.15) is 0 Å². The van der Waals surface area contributed by atoms with Gasteiger partial charge in [-0.15, -0.1) is 0 Å². The second-order valence-electron chi connectivity index (χ2n) is 7.05. The summed E-state index contributed by atoms with van der Waals surface area (Å²) in [6.07, 6.45) is 4.61. The highest BCUT2D eigenvalue weighted by Gasteiger charge is 2.33. The summed E-state index contributed by atoms with van der Waals surface area (Å²) in [6, 6.07) is 0. The molecule has 126 valence electrons. The van der Waals surface area contributed by atoms with E-state index in [1.54, 1.807) is 13.8 Å². The second-order valence-corrected chi connectivity index (χ2v) is 7.05. The maximum Gasteiger partial charge on any atom is 0.334 e. The molecule has 0 amide bonds. The van der Waals surface area contributed by atoms with Crippen LogP contribution < -0.4 is 0 Å². The van der Waals surface area contributed by atoms with Crippen molar-refractivity contribution in [1.82, 2.24) is 0 Å². The Morgan fingerprint density at radius 1 is 0.955 bits per heavy atom. The Morgan fingerprint density at radius 3 is 1.91 bits per heavy atom. The van der Waals surface area contributed by atoms with Gasteiger partial charge in [0.25, 0.3) is 0 Å². The molecule has 0 atom stereocenters. The van der Waals surface area contributed by atoms with Crippen LogP contribution in [0.3, 0.4) is 0 Å². The van der Waals surface area contributed by atoms with Crippen molar-refractivity contribution in [2.45, 2.75) is 66.7 Å². The zero-order chi connectivity index (χ0) is 16.8. The normalized spacial score (nSPS) is 17.1. The Bertz CT molecular complexity index is 423. The topological polar surface area (TPSA) is 52.6 Å². The lowest BCUT2D eigenvalue weighted by Gasteiger charge is -2.24. The van der Waals surface area contributed by atoms with E-state index in [4.69, 9.17) is 9.47 Å². The fourth-order valence-electron chi connectivity index (χ4n) is 2.99. The first-order valence-electron chi connectivity index (χ1n) is 8.37. The Hall–Kier alpha value is -1.32. The number of carbonyl (C=O) groups excluding carboxylic acids is 2. The van der Waals surface area contributed by atoms with Gasteiger partial charge < -0.3 is 9.47 Å². The summed E-state index contributed by atoms with van der Waals surface area (Å²) in [5, 5.41) is 0. The van der Waals surface area contributed by atoms with Crippen molar-refractivity contribution < 1.29 is 19.1 Å². The van der Waals surface area contributed by atoms with Crippen LogP contribution in [-0.4, -0.2) is 25.2 Å². The number of hydrogen-bond acceptors (Lipinski definition) is 4. The van der Waals surface area contributed by atoms with Gasteiger partial charge in [0.15, 0.2) is 0 Å². The maximum atomic E-state index is 12.5. The van der Waals surface area contributed by atoms with Crippen LogP contribution in [0, 0.1) is 11.3 Å². The summed E-state index contributed by atoms with van der Waals surface area (Å²) >= 11 is 0. The maximum absolute atomic E-state index is 12.5. The third-order valence-corrected chi connectivity index (χ3v) is 3.81. The average Bonchev–Trinajstić information content (AvgIpc) is 2.91. The molecule has 1 saturated carbocycles. The number of ether oxygens (including phenoxy) is 2. The lowest BCUT2D eigenvalue weighted by atomic mass is 9.82. The van der Waals surface area contributed by atoms with E-state index in [2.05, 4.69) is 20.8 Å². The van der Waals surface area contributed by atoms with E-state index < -0.39 is 0 Å². The Morgan fingerprint density at radius 2 is 1.45 bits per heavy atom. The van der Waals surface area contributed by atoms with Crippen LogP contribution in [0.4, 0.5) is 0 Å². The molecule has 0 bridgehead atoms. The Labute approximate surface area is 134 Å². The lowest BCUT2D eigenvalue weighted by molar-refractivity contribution is -0.142. The highest BCUT2D eigenvalue weighted by Crippen LogP contribution is 2.37. The van der Waals surface area contributed by atoms with Crippen molar-refractivity contribution in [3.8, 4) is 0 Å². The Kier molecular flexibility index (Phi) is 7.11. The van der Waals surface area contributed by atoms with E-state index >= 15 is 0 Å². The van der Waals surface area contributed by atoms with Crippen molar-refractivity contribution in [2.24, 2.45) is 11.3 Å². The predicted octanol–water partition coefficient (Wildman–Crippen LogP) is 4.04. The Balaban J connectivity index is 3.28. The highest BCUT2D eigenvalue weighted by atomic mass is 16.5. The van der Waals surface area contributed by atoms with Crippen LogP contribution >= 0.6 is 0 Å². The molecule has 0 radical (unpaired) electrons. The fraction of sp³-hybridized carbons (Fsp3) is 0.778. The summed E-state index contributed by atoms with van der Waals surface area (Å²) in [4.78, 5) is 24.9. The smallest absolute Gasteiger partial charge is 0.334 e. The van der Waals surface area contributed by atoms with Crippen molar-refractivity contribution in [2.75, 3.05) is 13.2 Å². The molecule has 0 aromatic rings. The minimum Gasteiger partial charge on any atom is -0.463 e. The van der Waals surface area contributed by atoms with E-state index in [1.165, 1.54) is 0 Å². The van der Waals surface area contributed by atoms with E-state index in [9.17, 15) is 9.59 Å². The standard InChI is InChI=1S/C18H30O4/c1-6-21-16(19)14(12-18(3,4)5)15(17(20)22-7-2)13-10-8-9-11-13/h13H,6-12H2,1-5H3/b15-14-. The van der Waals surface area contributed by atoms with Crippen molar-refractivity contribution >= 4 is 11.9 Å². The van der Waals surface area contributed by atoms with Gasteiger partial charge in [-0.1, -0.05) is 33.6 Å². The molecule has 0 spiro atoms. The van der Waals surface area contributed by atoms with Crippen LogP contribution in [0.1, 0.15) is 66.7 Å². The first kappa shape index (κ1) is 18.7. The molecule has 4 heteroatoms. The van der Waals surface area contributed by atoms with Gasteiger partial charge in [-0.25, -0.2) is 9.59 Å². The van der Waals surface area contributed by atoms with E-state index in [0.29, 0.717) is 30.8 Å². The van der Waals surface area contributed by atoms with E-state index in [1.807, 2.05) is 0 Å². The number of carbonyl (C=O) groups is 2. The molecule has 0 aromatic carbocycles. The third kappa shape index (κ3) is 5.47. The first-order valence-corrected chi connectivity index (χ1v) is 8.37. The third-order valence-electron chi connectivity index (χ3n) is 3.81. The van der Waals surface area contributed by atoms with Crippen molar-refractivity contribution in [3.63, 3.8) is 0 Å². The van der Waals surface area contributed by atoms with Crippen molar-refractivity contribution in [3.05, 3.63) is 11.1 Å². The molecule has 0 saturated heterocycles. The molecule has 1 aliphatic carbocycles. The van der Waals surface area contributed by atoms with Gasteiger partial charge in [0, 0.05) is 5.57 Å². The minimum absolute atomic E-state index is 0.0988. The molecule has 0 heterocycles. The fourth-order valence-corrected chi connectivity index (χ4v) is 2.99. The molecule has 0 aromatic heterocycles. The molecule has 1 rings (SSSR count). The average molecular weight is 310 g/mol. The molecule has 0 unspecified atom stereocenters. The molecule has 0 aliphatic heterocycles. The number of esters is 2. The van der Waals surface area contributed by atoms with E-state index in [-0.39, 0.29) is 23.3 Å². The largest absolute Gasteiger partial charge is 0.463 e. The SMILES string of the molecule is CCOC(=O)/C(CC(C)(C)C)=C(\C(=O)OCC)C1CCCC1. The van der Waals surface area contributed by atoms with Crippen LogP contribution in [0.2, 0.25) is 0 Å². The monoisotopic (exact) mass is 310 g/mol. The van der Waals surface area contributed by atoms with Gasteiger partial charge in [-0.3, -0.25) is 0 Å². The summed E-state index contributed by atoms with van der Waals surface area (Å²) in [6.45, 7) is 10.4. The first-order chi connectivity index (χ1) is 10.3. The summed E-state index contributed by atoms with van der Waals surface area (Å²) in [5.41, 5.74) is 0.978. The van der Waals surface area contributed by atoms with Gasteiger partial charge in [-0.2, -0.15) is 0 Å². The summed E-state index contributed by atoms with van der Waals surface area (Å²) < 4.78 is 10.4. The second kappa shape index (κ2) is 8.35. The summed E-state index contributed by atoms with van der Waals surface area (Å²) in [7, 11) is 0. The number of rotatable bonds is 6. The van der Waals surface area contributed by atoms with Crippen molar-refractivity contribution in [1.29, 1.82) is 0 Å². The van der Waals surface area contributed by atoms with E-state index in [0.717, 1.165) is 25.7 Å². The van der Waals surface area contributed by atoms with Crippen LogP contribution in [0.5, 0.6) is 0 Å².